The Morgan fingerprint density at radius 3 is 2.54 bits per heavy atom. The summed E-state index contributed by atoms with van der Waals surface area (Å²) in [7, 11) is 1.62. The number of hydrogen-bond acceptors (Lipinski definition) is 4. The molecule has 1 amide bonds. The molecule has 0 aliphatic carbocycles. The van der Waals surface area contributed by atoms with Crippen LogP contribution in [0.1, 0.15) is 29.8 Å². The zero-order chi connectivity index (χ0) is 17.9. The molecule has 6 nitrogen and oxygen atoms in total. The van der Waals surface area contributed by atoms with Crippen molar-refractivity contribution in [3.05, 3.63) is 47.3 Å². The van der Waals surface area contributed by atoms with Crippen molar-refractivity contribution in [1.29, 1.82) is 0 Å². The molecule has 0 unspecified atom stereocenters. The molecule has 2 N–H and O–H groups in total. The van der Waals surface area contributed by atoms with Gasteiger partial charge < -0.3 is 15.4 Å². The molecule has 7 heteroatoms. The number of nitrogens with one attached hydrogen (secondary N) is 2. The molecule has 3 rings (SSSR count). The average Bonchev–Trinajstić information content (AvgIpc) is 2.95. The van der Waals surface area contributed by atoms with Crippen molar-refractivity contribution in [2.45, 2.75) is 38.8 Å². The van der Waals surface area contributed by atoms with E-state index in [1.807, 2.05) is 48.9 Å². The van der Waals surface area contributed by atoms with Gasteiger partial charge in [0.05, 0.1) is 11.4 Å². The maximum absolute atomic E-state index is 12.7. The van der Waals surface area contributed by atoms with E-state index in [1.54, 1.807) is 7.11 Å². The van der Waals surface area contributed by atoms with E-state index in [-0.39, 0.29) is 18.3 Å². The lowest BCUT2D eigenvalue weighted by molar-refractivity contribution is -0.146. The minimum Gasteiger partial charge on any atom is -0.368 e. The fraction of sp³-hybridized carbons (Fsp3) is 0.474. The fourth-order valence-electron chi connectivity index (χ4n) is 3.44. The zero-order valence-corrected chi connectivity index (χ0v) is 16.4. The van der Waals surface area contributed by atoms with Gasteiger partial charge in [0.2, 0.25) is 0 Å². The smallest absolute Gasteiger partial charge is 0.252 e. The van der Waals surface area contributed by atoms with Crippen molar-refractivity contribution in [3.8, 4) is 5.69 Å². The fourth-order valence-corrected chi connectivity index (χ4v) is 3.44. The Labute approximate surface area is 160 Å². The van der Waals surface area contributed by atoms with Crippen LogP contribution < -0.4 is 10.6 Å². The summed E-state index contributed by atoms with van der Waals surface area (Å²) >= 11 is 0. The number of piperidine rings is 1. The number of rotatable bonds is 5. The molecule has 142 valence electrons. The lowest BCUT2D eigenvalue weighted by atomic mass is 9.91. The number of ether oxygens (including phenoxy) is 1. The molecule has 1 saturated heterocycles. The summed E-state index contributed by atoms with van der Waals surface area (Å²) in [6, 6.07) is 10.0. The summed E-state index contributed by atoms with van der Waals surface area (Å²) in [5.41, 5.74) is 3.33. The van der Waals surface area contributed by atoms with Crippen LogP contribution in [0.5, 0.6) is 0 Å². The Hall–Kier alpha value is -1.89. The molecule has 1 aliphatic rings. The van der Waals surface area contributed by atoms with E-state index in [0.29, 0.717) is 19.4 Å². The summed E-state index contributed by atoms with van der Waals surface area (Å²) < 4.78 is 7.52. The topological polar surface area (TPSA) is 68.2 Å². The Balaban J connectivity index is 0.00000243. The minimum absolute atomic E-state index is 0. The second-order valence-electron chi connectivity index (χ2n) is 6.53. The first-order valence-electron chi connectivity index (χ1n) is 8.72. The molecule has 0 atom stereocenters. The molecule has 2 aromatic rings. The van der Waals surface area contributed by atoms with Crippen LogP contribution in [-0.4, -0.2) is 41.5 Å². The first-order valence-corrected chi connectivity index (χ1v) is 8.72. The summed E-state index contributed by atoms with van der Waals surface area (Å²) in [6.07, 6.45) is 1.38. The second kappa shape index (κ2) is 8.66. The molecule has 1 aromatic heterocycles. The number of carbonyl (C=O) groups excluding carboxylic acids is 1. The average molecular weight is 379 g/mol. The predicted octanol–water partition coefficient (Wildman–Crippen LogP) is 2.30. The van der Waals surface area contributed by atoms with E-state index in [9.17, 15) is 4.79 Å². The second-order valence-corrected chi connectivity index (χ2v) is 6.53. The molecule has 26 heavy (non-hydrogen) atoms. The number of amides is 1. The number of methoxy groups -OCH3 is 1. The maximum atomic E-state index is 12.7. The number of aromatic nitrogens is 2. The molecule has 1 aliphatic heterocycles. The van der Waals surface area contributed by atoms with Crippen molar-refractivity contribution in [1.82, 2.24) is 20.4 Å². The highest BCUT2D eigenvalue weighted by Gasteiger charge is 2.39. The van der Waals surface area contributed by atoms with Crippen molar-refractivity contribution >= 4 is 18.3 Å². The van der Waals surface area contributed by atoms with Crippen molar-refractivity contribution in [2.24, 2.45) is 0 Å². The number of aryl methyl sites for hydroxylation is 1. The van der Waals surface area contributed by atoms with Gasteiger partial charge in [0.15, 0.2) is 0 Å². The van der Waals surface area contributed by atoms with E-state index in [2.05, 4.69) is 15.7 Å². The van der Waals surface area contributed by atoms with Gasteiger partial charge in [0, 0.05) is 24.9 Å². The molecule has 1 aromatic carbocycles. The van der Waals surface area contributed by atoms with Gasteiger partial charge in [-0.05, 0) is 51.9 Å². The Kier molecular flexibility index (Phi) is 6.81. The third-order valence-corrected chi connectivity index (χ3v) is 5.08. The van der Waals surface area contributed by atoms with Gasteiger partial charge >= 0.3 is 0 Å². The molecule has 0 radical (unpaired) electrons. The van der Waals surface area contributed by atoms with Crippen LogP contribution in [-0.2, 0) is 16.1 Å². The highest BCUT2D eigenvalue weighted by molar-refractivity contribution is 5.85. The summed E-state index contributed by atoms with van der Waals surface area (Å²) in [5, 5.41) is 11.0. The van der Waals surface area contributed by atoms with Crippen LogP contribution in [0.15, 0.2) is 30.3 Å². The largest absolute Gasteiger partial charge is 0.368 e. The number of benzene rings is 1. The zero-order valence-electron chi connectivity index (χ0n) is 15.5. The SMILES string of the molecule is COC1(C(=O)NCc2c(C)nn(-c3ccccc3)c2C)CCNCC1.Cl. The number of carbonyl (C=O) groups is 1. The van der Waals surface area contributed by atoms with Gasteiger partial charge in [0.25, 0.3) is 5.91 Å². The highest BCUT2D eigenvalue weighted by Crippen LogP contribution is 2.23. The number of para-hydroxylation sites is 1. The lowest BCUT2D eigenvalue weighted by Crippen LogP contribution is -2.54. The Bertz CT molecular complexity index is 739. The van der Waals surface area contributed by atoms with Gasteiger partial charge in [-0.25, -0.2) is 4.68 Å². The molecule has 1 fully saturated rings. The first-order chi connectivity index (χ1) is 12.1. The first kappa shape index (κ1) is 20.4. The van der Waals surface area contributed by atoms with Crippen molar-refractivity contribution < 1.29 is 9.53 Å². The van der Waals surface area contributed by atoms with Crippen LogP contribution in [0.4, 0.5) is 0 Å². The van der Waals surface area contributed by atoms with E-state index < -0.39 is 5.60 Å². The molecule has 0 spiro atoms. The lowest BCUT2D eigenvalue weighted by Gasteiger charge is -2.34. The van der Waals surface area contributed by atoms with E-state index in [4.69, 9.17) is 4.74 Å². The minimum atomic E-state index is -0.720. The van der Waals surface area contributed by atoms with Crippen LogP contribution >= 0.6 is 12.4 Å². The standard InChI is InChI=1S/C19H26N4O2.ClH/c1-14-17(15(2)23(22-14)16-7-5-4-6-8-16)13-21-18(24)19(25-3)9-11-20-12-10-19;/h4-8,20H,9-13H2,1-3H3,(H,21,24);1H. The number of nitrogens with zero attached hydrogens (tertiary/aromatic N) is 2. The van der Waals surface area contributed by atoms with E-state index in [0.717, 1.165) is 35.7 Å². The summed E-state index contributed by atoms with van der Waals surface area (Å²) in [6.45, 7) is 6.06. The van der Waals surface area contributed by atoms with E-state index >= 15 is 0 Å². The van der Waals surface area contributed by atoms with E-state index in [1.165, 1.54) is 0 Å². The monoisotopic (exact) mass is 378 g/mol. The molecular formula is C19H27ClN4O2. The van der Waals surface area contributed by atoms with Crippen LogP contribution in [0.25, 0.3) is 5.69 Å². The van der Waals surface area contributed by atoms with Crippen LogP contribution in [0.2, 0.25) is 0 Å². The van der Waals surface area contributed by atoms with Gasteiger partial charge in [-0.3, -0.25) is 4.79 Å². The van der Waals surface area contributed by atoms with Crippen molar-refractivity contribution in [2.75, 3.05) is 20.2 Å². The number of hydrogen-bond donors (Lipinski definition) is 2. The highest BCUT2D eigenvalue weighted by atomic mass is 35.5. The molecule has 0 bridgehead atoms. The molecule has 2 heterocycles. The molecular weight excluding hydrogens is 352 g/mol. The predicted molar refractivity (Wildman–Crippen MR) is 104 cm³/mol. The van der Waals surface area contributed by atoms with Gasteiger partial charge in [-0.15, -0.1) is 12.4 Å². The van der Waals surface area contributed by atoms with Gasteiger partial charge in [-0.1, -0.05) is 18.2 Å². The van der Waals surface area contributed by atoms with Crippen molar-refractivity contribution in [3.63, 3.8) is 0 Å². The Morgan fingerprint density at radius 2 is 1.92 bits per heavy atom. The maximum Gasteiger partial charge on any atom is 0.252 e. The summed E-state index contributed by atoms with van der Waals surface area (Å²) in [4.78, 5) is 12.7. The number of halogens is 1. The normalized spacial score (nSPS) is 16.0. The van der Waals surface area contributed by atoms with Gasteiger partial charge in [0.1, 0.15) is 5.60 Å². The molecule has 0 saturated carbocycles. The third kappa shape index (κ3) is 3.92. The Morgan fingerprint density at radius 1 is 1.27 bits per heavy atom. The van der Waals surface area contributed by atoms with Crippen LogP contribution in [0, 0.1) is 13.8 Å². The third-order valence-electron chi connectivity index (χ3n) is 5.08. The van der Waals surface area contributed by atoms with Crippen LogP contribution in [0.3, 0.4) is 0 Å². The quantitative estimate of drug-likeness (QED) is 0.837. The summed E-state index contributed by atoms with van der Waals surface area (Å²) in [5.74, 6) is -0.0391. The van der Waals surface area contributed by atoms with Gasteiger partial charge in [-0.2, -0.15) is 5.10 Å².